The van der Waals surface area contributed by atoms with E-state index >= 15 is 0 Å². The van der Waals surface area contributed by atoms with Crippen molar-refractivity contribution in [3.8, 4) is 0 Å². The van der Waals surface area contributed by atoms with E-state index in [9.17, 15) is 4.79 Å². The minimum atomic E-state index is 0.0508. The van der Waals surface area contributed by atoms with E-state index < -0.39 is 0 Å². The molecule has 3 nitrogen and oxygen atoms in total. The maximum atomic E-state index is 12.0. The van der Waals surface area contributed by atoms with Gasteiger partial charge in [0.15, 0.2) is 0 Å². The monoisotopic (exact) mass is 218 g/mol. The Kier molecular flexibility index (Phi) is 3.22. The lowest BCUT2D eigenvalue weighted by atomic mass is 10.1. The fourth-order valence-electron chi connectivity index (χ4n) is 2.22. The molecule has 3 heteroatoms. The van der Waals surface area contributed by atoms with Crippen molar-refractivity contribution < 1.29 is 4.79 Å². The second-order valence-corrected chi connectivity index (χ2v) is 4.52. The zero-order valence-corrected chi connectivity index (χ0v) is 9.92. The zero-order chi connectivity index (χ0) is 11.5. The molecule has 0 radical (unpaired) electrons. The standard InChI is InChI=1S/C13H18N2O/c1-9-10(2)14-8-7-12(9)13(16)15-11-5-3-4-6-11/h7-8,11H,3-6H2,1-2H3,(H,15,16). The van der Waals surface area contributed by atoms with Gasteiger partial charge < -0.3 is 5.32 Å². The summed E-state index contributed by atoms with van der Waals surface area (Å²) in [7, 11) is 0. The third-order valence-electron chi connectivity index (χ3n) is 3.39. The Morgan fingerprint density at radius 1 is 1.38 bits per heavy atom. The van der Waals surface area contributed by atoms with Gasteiger partial charge in [-0.3, -0.25) is 9.78 Å². The number of hydrogen-bond donors (Lipinski definition) is 1. The number of rotatable bonds is 2. The SMILES string of the molecule is Cc1nccc(C(=O)NC2CCCC2)c1C. The molecule has 1 heterocycles. The van der Waals surface area contributed by atoms with E-state index in [2.05, 4.69) is 10.3 Å². The number of aromatic nitrogens is 1. The van der Waals surface area contributed by atoms with Crippen LogP contribution in [0.1, 0.15) is 47.3 Å². The molecule has 0 aromatic carbocycles. The van der Waals surface area contributed by atoms with Crippen molar-refractivity contribution in [2.24, 2.45) is 0 Å². The first-order valence-electron chi connectivity index (χ1n) is 5.91. The van der Waals surface area contributed by atoms with Gasteiger partial charge in [-0.2, -0.15) is 0 Å². The highest BCUT2D eigenvalue weighted by atomic mass is 16.1. The van der Waals surface area contributed by atoms with Gasteiger partial charge in [-0.1, -0.05) is 12.8 Å². The molecule has 0 bridgehead atoms. The highest BCUT2D eigenvalue weighted by Crippen LogP contribution is 2.18. The van der Waals surface area contributed by atoms with Gasteiger partial charge >= 0.3 is 0 Å². The number of nitrogens with zero attached hydrogens (tertiary/aromatic N) is 1. The molecule has 1 aromatic rings. The summed E-state index contributed by atoms with van der Waals surface area (Å²) in [6.45, 7) is 3.88. The summed E-state index contributed by atoms with van der Waals surface area (Å²) in [5.41, 5.74) is 2.68. The van der Waals surface area contributed by atoms with Crippen LogP contribution in [0.4, 0.5) is 0 Å². The van der Waals surface area contributed by atoms with Crippen molar-refractivity contribution in [2.45, 2.75) is 45.6 Å². The summed E-state index contributed by atoms with van der Waals surface area (Å²) in [5.74, 6) is 0.0508. The summed E-state index contributed by atoms with van der Waals surface area (Å²) in [5, 5.41) is 3.10. The van der Waals surface area contributed by atoms with Crippen LogP contribution in [0.3, 0.4) is 0 Å². The number of carbonyl (C=O) groups excluding carboxylic acids is 1. The van der Waals surface area contributed by atoms with Crippen molar-refractivity contribution in [3.63, 3.8) is 0 Å². The van der Waals surface area contributed by atoms with Crippen LogP contribution in [0.5, 0.6) is 0 Å². The number of nitrogens with one attached hydrogen (secondary N) is 1. The molecule has 16 heavy (non-hydrogen) atoms. The minimum Gasteiger partial charge on any atom is -0.349 e. The van der Waals surface area contributed by atoms with Gasteiger partial charge in [0.1, 0.15) is 0 Å². The number of hydrogen-bond acceptors (Lipinski definition) is 2. The number of carbonyl (C=O) groups is 1. The molecule has 0 spiro atoms. The van der Waals surface area contributed by atoms with E-state index in [1.165, 1.54) is 12.8 Å². The smallest absolute Gasteiger partial charge is 0.251 e. The van der Waals surface area contributed by atoms with E-state index in [-0.39, 0.29) is 5.91 Å². The summed E-state index contributed by atoms with van der Waals surface area (Å²) < 4.78 is 0. The maximum Gasteiger partial charge on any atom is 0.251 e. The van der Waals surface area contributed by atoms with Crippen molar-refractivity contribution >= 4 is 5.91 Å². The van der Waals surface area contributed by atoms with Crippen LogP contribution < -0.4 is 5.32 Å². The first kappa shape index (κ1) is 11.1. The molecule has 1 fully saturated rings. The van der Waals surface area contributed by atoms with Crippen LogP contribution in [0, 0.1) is 13.8 Å². The van der Waals surface area contributed by atoms with Gasteiger partial charge in [0.2, 0.25) is 0 Å². The summed E-state index contributed by atoms with van der Waals surface area (Å²) in [4.78, 5) is 16.2. The lowest BCUT2D eigenvalue weighted by Gasteiger charge is -2.13. The molecular formula is C13H18N2O. The molecule has 0 saturated heterocycles. The van der Waals surface area contributed by atoms with Crippen LogP contribution in [-0.2, 0) is 0 Å². The maximum absolute atomic E-state index is 12.0. The lowest BCUT2D eigenvalue weighted by Crippen LogP contribution is -2.33. The molecule has 0 unspecified atom stereocenters. The van der Waals surface area contributed by atoms with Crippen LogP contribution in [-0.4, -0.2) is 16.9 Å². The highest BCUT2D eigenvalue weighted by Gasteiger charge is 2.19. The van der Waals surface area contributed by atoms with Gasteiger partial charge in [0, 0.05) is 23.5 Å². The minimum absolute atomic E-state index is 0.0508. The molecule has 1 N–H and O–H groups in total. The first-order chi connectivity index (χ1) is 7.68. The Morgan fingerprint density at radius 2 is 2.06 bits per heavy atom. The van der Waals surface area contributed by atoms with E-state index in [0.29, 0.717) is 6.04 Å². The molecule has 1 aliphatic carbocycles. The third-order valence-corrected chi connectivity index (χ3v) is 3.39. The second kappa shape index (κ2) is 4.64. The normalized spacial score (nSPS) is 16.4. The van der Waals surface area contributed by atoms with Gasteiger partial charge in [-0.05, 0) is 38.3 Å². The highest BCUT2D eigenvalue weighted by molar-refractivity contribution is 5.95. The molecule has 1 aliphatic rings. The van der Waals surface area contributed by atoms with E-state index in [1.54, 1.807) is 12.3 Å². The van der Waals surface area contributed by atoms with Crippen LogP contribution >= 0.6 is 0 Å². The molecular weight excluding hydrogens is 200 g/mol. The lowest BCUT2D eigenvalue weighted by molar-refractivity contribution is 0.0937. The van der Waals surface area contributed by atoms with Crippen molar-refractivity contribution in [3.05, 3.63) is 29.1 Å². The van der Waals surface area contributed by atoms with Crippen molar-refractivity contribution in [1.29, 1.82) is 0 Å². The zero-order valence-electron chi connectivity index (χ0n) is 9.92. The molecule has 2 rings (SSSR count). The second-order valence-electron chi connectivity index (χ2n) is 4.52. The number of aryl methyl sites for hydroxylation is 1. The molecule has 86 valence electrons. The summed E-state index contributed by atoms with van der Waals surface area (Å²) in [6, 6.07) is 2.17. The Morgan fingerprint density at radius 3 is 2.75 bits per heavy atom. The van der Waals surface area contributed by atoms with Crippen LogP contribution in [0.15, 0.2) is 12.3 Å². The van der Waals surface area contributed by atoms with Crippen molar-refractivity contribution in [2.75, 3.05) is 0 Å². The molecule has 0 atom stereocenters. The van der Waals surface area contributed by atoms with Gasteiger partial charge in [0.25, 0.3) is 5.91 Å². The van der Waals surface area contributed by atoms with Gasteiger partial charge in [0.05, 0.1) is 0 Å². The van der Waals surface area contributed by atoms with Crippen LogP contribution in [0.2, 0.25) is 0 Å². The third kappa shape index (κ3) is 2.23. The average molecular weight is 218 g/mol. The predicted octanol–water partition coefficient (Wildman–Crippen LogP) is 2.37. The number of amides is 1. The van der Waals surface area contributed by atoms with Gasteiger partial charge in [-0.15, -0.1) is 0 Å². The summed E-state index contributed by atoms with van der Waals surface area (Å²) in [6.07, 6.45) is 6.41. The fraction of sp³-hybridized carbons (Fsp3) is 0.538. The Bertz CT molecular complexity index is 395. The first-order valence-corrected chi connectivity index (χ1v) is 5.91. The Hall–Kier alpha value is -1.38. The average Bonchev–Trinajstić information content (AvgIpc) is 2.74. The van der Waals surface area contributed by atoms with E-state index in [1.807, 2.05) is 13.8 Å². The Balaban J connectivity index is 2.11. The van der Waals surface area contributed by atoms with E-state index in [0.717, 1.165) is 29.7 Å². The largest absolute Gasteiger partial charge is 0.349 e. The van der Waals surface area contributed by atoms with Gasteiger partial charge in [-0.25, -0.2) is 0 Å². The Labute approximate surface area is 96.3 Å². The van der Waals surface area contributed by atoms with E-state index in [4.69, 9.17) is 0 Å². The predicted molar refractivity (Wildman–Crippen MR) is 63.4 cm³/mol. The quantitative estimate of drug-likeness (QED) is 0.828. The summed E-state index contributed by atoms with van der Waals surface area (Å²) >= 11 is 0. The van der Waals surface area contributed by atoms with Crippen LogP contribution in [0.25, 0.3) is 0 Å². The molecule has 0 aliphatic heterocycles. The number of pyridine rings is 1. The topological polar surface area (TPSA) is 42.0 Å². The fourth-order valence-corrected chi connectivity index (χ4v) is 2.22. The molecule has 1 saturated carbocycles. The van der Waals surface area contributed by atoms with Crippen molar-refractivity contribution in [1.82, 2.24) is 10.3 Å². The molecule has 1 amide bonds. The molecule has 1 aromatic heterocycles.